The highest BCUT2D eigenvalue weighted by molar-refractivity contribution is 5.70. The molecule has 0 aliphatic heterocycles. The van der Waals surface area contributed by atoms with E-state index in [1.54, 1.807) is 0 Å². The normalized spacial score (nSPS) is 12.4. The second-order valence-corrected chi connectivity index (χ2v) is 6.29. The van der Waals surface area contributed by atoms with E-state index in [0.717, 1.165) is 24.9 Å². The molecule has 0 radical (unpaired) electrons. The van der Waals surface area contributed by atoms with Gasteiger partial charge >= 0.3 is 6.09 Å². The minimum Gasteiger partial charge on any atom is -0.443 e. The third kappa shape index (κ3) is 6.20. The minimum absolute atomic E-state index is 0.150. The minimum atomic E-state index is -0.523. The van der Waals surface area contributed by atoms with Crippen molar-refractivity contribution in [2.75, 3.05) is 5.01 Å². The summed E-state index contributed by atoms with van der Waals surface area (Å²) in [7, 11) is 0. The Hall–Kier alpha value is -1.97. The first-order valence-corrected chi connectivity index (χ1v) is 7.82. The third-order valence-electron chi connectivity index (χ3n) is 3.07. The number of ether oxygens (including phenoxy) is 1. The van der Waals surface area contributed by atoms with Crippen LogP contribution in [-0.2, 0) is 4.74 Å². The fourth-order valence-corrected chi connectivity index (χ4v) is 2.23. The molecule has 1 aromatic rings. The molecule has 1 unspecified atom stereocenters. The summed E-state index contributed by atoms with van der Waals surface area (Å²) in [6.45, 7) is 11.5. The Kier molecular flexibility index (Phi) is 6.96. The maximum absolute atomic E-state index is 12.2. The number of benzene rings is 1. The number of carbonyl (C=O) groups excluding carboxylic acids is 1. The summed E-state index contributed by atoms with van der Waals surface area (Å²) < 4.78 is 5.38. The molecule has 122 valence electrons. The van der Waals surface area contributed by atoms with Crippen molar-refractivity contribution in [2.45, 2.75) is 58.6 Å². The molecule has 4 heteroatoms. The standard InChI is InChI=1S/C18H28N2O2/c1-6-11-15(12-7-2)20(16-13-9-8-10-14-16)19-17(21)22-18(3,4)5/h6,8-10,13-15H,1,7,11-12H2,2-5H3,(H,19,21). The van der Waals surface area contributed by atoms with Crippen molar-refractivity contribution in [1.29, 1.82) is 0 Å². The van der Waals surface area contributed by atoms with E-state index in [0.29, 0.717) is 0 Å². The summed E-state index contributed by atoms with van der Waals surface area (Å²) >= 11 is 0. The predicted molar refractivity (Wildman–Crippen MR) is 91.8 cm³/mol. The second-order valence-electron chi connectivity index (χ2n) is 6.29. The molecule has 0 fully saturated rings. The van der Waals surface area contributed by atoms with Crippen LogP contribution in [0.2, 0.25) is 0 Å². The SMILES string of the molecule is C=CCC(CCC)N(NC(=O)OC(C)(C)C)c1ccccc1. The van der Waals surface area contributed by atoms with Gasteiger partial charge in [-0.2, -0.15) is 0 Å². The lowest BCUT2D eigenvalue weighted by Crippen LogP contribution is -2.50. The fourth-order valence-electron chi connectivity index (χ4n) is 2.23. The van der Waals surface area contributed by atoms with Crippen molar-refractivity contribution in [1.82, 2.24) is 5.43 Å². The Morgan fingerprint density at radius 3 is 2.50 bits per heavy atom. The van der Waals surface area contributed by atoms with Gasteiger partial charge < -0.3 is 4.74 Å². The zero-order chi connectivity index (χ0) is 16.6. The molecule has 0 aliphatic rings. The maximum atomic E-state index is 12.2. The first-order chi connectivity index (χ1) is 10.4. The van der Waals surface area contributed by atoms with Gasteiger partial charge in [0.2, 0.25) is 0 Å². The highest BCUT2D eigenvalue weighted by Crippen LogP contribution is 2.20. The molecule has 0 aromatic heterocycles. The monoisotopic (exact) mass is 304 g/mol. The van der Waals surface area contributed by atoms with Crippen LogP contribution in [0, 0.1) is 0 Å². The Balaban J connectivity index is 2.95. The van der Waals surface area contributed by atoms with Gasteiger partial charge in [0, 0.05) is 0 Å². The fraction of sp³-hybridized carbons (Fsp3) is 0.500. The summed E-state index contributed by atoms with van der Waals surface area (Å²) in [5.41, 5.74) is 3.30. The van der Waals surface area contributed by atoms with Gasteiger partial charge in [0.1, 0.15) is 5.60 Å². The lowest BCUT2D eigenvalue weighted by molar-refractivity contribution is 0.0514. The Labute approximate surface area is 134 Å². The molecular weight excluding hydrogens is 276 g/mol. The zero-order valence-corrected chi connectivity index (χ0v) is 14.1. The van der Waals surface area contributed by atoms with E-state index in [9.17, 15) is 4.79 Å². The number of hydrazine groups is 1. The molecular formula is C18H28N2O2. The molecule has 1 atom stereocenters. The number of amides is 1. The van der Waals surface area contributed by atoms with Gasteiger partial charge in [-0.1, -0.05) is 37.6 Å². The summed E-state index contributed by atoms with van der Waals surface area (Å²) in [5, 5.41) is 1.89. The van der Waals surface area contributed by atoms with Crippen molar-refractivity contribution in [3.63, 3.8) is 0 Å². The number of anilines is 1. The van der Waals surface area contributed by atoms with Gasteiger partial charge in [-0.15, -0.1) is 6.58 Å². The van der Waals surface area contributed by atoms with Crippen molar-refractivity contribution < 1.29 is 9.53 Å². The van der Waals surface area contributed by atoms with Crippen LogP contribution in [0.25, 0.3) is 0 Å². The van der Waals surface area contributed by atoms with Gasteiger partial charge in [0.15, 0.2) is 0 Å². The zero-order valence-electron chi connectivity index (χ0n) is 14.1. The number of para-hydroxylation sites is 1. The molecule has 0 spiro atoms. The molecule has 4 nitrogen and oxygen atoms in total. The van der Waals surface area contributed by atoms with E-state index in [1.165, 1.54) is 0 Å². The van der Waals surface area contributed by atoms with Crippen LogP contribution in [0.15, 0.2) is 43.0 Å². The Bertz CT molecular complexity index is 466. The molecule has 1 aromatic carbocycles. The molecule has 1 amide bonds. The number of rotatable bonds is 7. The molecule has 0 saturated heterocycles. The van der Waals surface area contributed by atoms with Crippen molar-refractivity contribution >= 4 is 11.8 Å². The van der Waals surface area contributed by atoms with Crippen LogP contribution in [-0.4, -0.2) is 17.7 Å². The molecule has 1 N–H and O–H groups in total. The van der Waals surface area contributed by atoms with Gasteiger partial charge in [0.05, 0.1) is 11.7 Å². The third-order valence-corrected chi connectivity index (χ3v) is 3.07. The van der Waals surface area contributed by atoms with E-state index in [4.69, 9.17) is 4.74 Å². The summed E-state index contributed by atoms with van der Waals surface area (Å²) in [5.74, 6) is 0. The molecule has 22 heavy (non-hydrogen) atoms. The molecule has 0 saturated carbocycles. The van der Waals surface area contributed by atoms with E-state index in [1.807, 2.05) is 62.2 Å². The van der Waals surface area contributed by atoms with Crippen LogP contribution < -0.4 is 10.4 Å². The van der Waals surface area contributed by atoms with Gasteiger partial charge in [-0.25, -0.2) is 10.2 Å². The van der Waals surface area contributed by atoms with E-state index >= 15 is 0 Å². The lowest BCUT2D eigenvalue weighted by atomic mass is 10.1. The second kappa shape index (κ2) is 8.47. The molecule has 0 heterocycles. The lowest BCUT2D eigenvalue weighted by Gasteiger charge is -2.34. The topological polar surface area (TPSA) is 41.6 Å². The first-order valence-electron chi connectivity index (χ1n) is 7.82. The Morgan fingerprint density at radius 2 is 2.00 bits per heavy atom. The first kappa shape index (κ1) is 18.1. The number of nitrogens with one attached hydrogen (secondary N) is 1. The van der Waals surface area contributed by atoms with Crippen molar-refractivity contribution in [3.8, 4) is 0 Å². The summed E-state index contributed by atoms with van der Waals surface area (Å²) in [4.78, 5) is 12.2. The van der Waals surface area contributed by atoms with Crippen molar-refractivity contribution in [2.24, 2.45) is 0 Å². The quantitative estimate of drug-likeness (QED) is 0.587. The number of carbonyl (C=O) groups is 1. The van der Waals surface area contributed by atoms with E-state index < -0.39 is 11.7 Å². The number of hydrogen-bond donors (Lipinski definition) is 1. The molecule has 1 rings (SSSR count). The highest BCUT2D eigenvalue weighted by Gasteiger charge is 2.23. The van der Waals surface area contributed by atoms with Gasteiger partial charge in [-0.3, -0.25) is 5.01 Å². The number of hydrogen-bond acceptors (Lipinski definition) is 3. The highest BCUT2D eigenvalue weighted by atomic mass is 16.6. The van der Waals surface area contributed by atoms with Crippen LogP contribution in [0.3, 0.4) is 0 Å². The average Bonchev–Trinajstić information content (AvgIpc) is 2.44. The predicted octanol–water partition coefficient (Wildman–Crippen LogP) is 4.68. The molecule has 0 aliphatic carbocycles. The van der Waals surface area contributed by atoms with E-state index in [-0.39, 0.29) is 6.04 Å². The van der Waals surface area contributed by atoms with Crippen LogP contribution in [0.4, 0.5) is 10.5 Å². The van der Waals surface area contributed by atoms with Crippen LogP contribution >= 0.6 is 0 Å². The smallest absolute Gasteiger partial charge is 0.426 e. The summed E-state index contributed by atoms with van der Waals surface area (Å²) in [6.07, 6.45) is 4.21. The van der Waals surface area contributed by atoms with E-state index in [2.05, 4.69) is 18.9 Å². The largest absolute Gasteiger partial charge is 0.443 e. The number of nitrogens with zero attached hydrogens (tertiary/aromatic N) is 1. The van der Waals surface area contributed by atoms with Crippen LogP contribution in [0.5, 0.6) is 0 Å². The van der Waals surface area contributed by atoms with Gasteiger partial charge in [-0.05, 0) is 45.7 Å². The Morgan fingerprint density at radius 1 is 1.36 bits per heavy atom. The molecule has 0 bridgehead atoms. The van der Waals surface area contributed by atoms with Crippen molar-refractivity contribution in [3.05, 3.63) is 43.0 Å². The average molecular weight is 304 g/mol. The maximum Gasteiger partial charge on any atom is 0.426 e. The van der Waals surface area contributed by atoms with Crippen LogP contribution in [0.1, 0.15) is 47.0 Å². The van der Waals surface area contributed by atoms with Gasteiger partial charge in [0.25, 0.3) is 0 Å². The summed E-state index contributed by atoms with van der Waals surface area (Å²) in [6, 6.07) is 9.97.